The van der Waals surface area contributed by atoms with Gasteiger partial charge in [0.25, 0.3) is 5.91 Å². The molecule has 0 radical (unpaired) electrons. The fourth-order valence-corrected chi connectivity index (χ4v) is 2.93. The molecule has 1 amide bonds. The molecule has 0 aliphatic rings. The molecule has 1 heterocycles. The van der Waals surface area contributed by atoms with Crippen molar-refractivity contribution in [2.24, 2.45) is 0 Å². The average molecular weight is 386 g/mol. The number of aromatic nitrogens is 1. The molecule has 0 fully saturated rings. The molecule has 4 aromatic rings. The first-order valence-electron chi connectivity index (χ1n) is 9.73. The van der Waals surface area contributed by atoms with Gasteiger partial charge in [-0.1, -0.05) is 25.5 Å². The van der Waals surface area contributed by atoms with Gasteiger partial charge < -0.3 is 14.5 Å². The summed E-state index contributed by atoms with van der Waals surface area (Å²) in [5.41, 5.74) is 3.71. The number of oxazole rings is 1. The van der Waals surface area contributed by atoms with Gasteiger partial charge in [0, 0.05) is 16.8 Å². The predicted octanol–water partition coefficient (Wildman–Crippen LogP) is 5.93. The number of fused-ring (bicyclic) bond motifs is 1. The Kier molecular flexibility index (Phi) is 5.56. The van der Waals surface area contributed by atoms with E-state index in [1.54, 1.807) is 12.1 Å². The van der Waals surface area contributed by atoms with Gasteiger partial charge in [-0.05, 0) is 67.1 Å². The number of carbonyl (C=O) groups is 1. The Hall–Kier alpha value is -3.60. The number of anilines is 1. The van der Waals surface area contributed by atoms with Crippen molar-refractivity contribution in [2.75, 3.05) is 11.9 Å². The van der Waals surface area contributed by atoms with Gasteiger partial charge in [0.05, 0.1) is 6.61 Å². The molecule has 0 aliphatic heterocycles. The normalized spacial score (nSPS) is 10.8. The maximum absolute atomic E-state index is 12.5. The Bertz CT molecular complexity index is 1070. The lowest BCUT2D eigenvalue weighted by Crippen LogP contribution is -2.11. The Labute approximate surface area is 169 Å². The second-order valence-corrected chi connectivity index (χ2v) is 6.74. The smallest absolute Gasteiger partial charge is 0.255 e. The highest BCUT2D eigenvalue weighted by Crippen LogP contribution is 2.25. The first-order chi connectivity index (χ1) is 14.2. The molecule has 5 heteroatoms. The summed E-state index contributed by atoms with van der Waals surface area (Å²) in [4.78, 5) is 17.0. The third-order valence-corrected chi connectivity index (χ3v) is 4.57. The van der Waals surface area contributed by atoms with Gasteiger partial charge in [0.15, 0.2) is 5.58 Å². The molecule has 5 nitrogen and oxygen atoms in total. The van der Waals surface area contributed by atoms with Crippen LogP contribution < -0.4 is 10.1 Å². The molecule has 0 aliphatic carbocycles. The van der Waals surface area contributed by atoms with Gasteiger partial charge in [-0.2, -0.15) is 0 Å². The highest BCUT2D eigenvalue weighted by Gasteiger charge is 2.09. The molecule has 0 unspecified atom stereocenters. The second-order valence-electron chi connectivity index (χ2n) is 6.74. The minimum Gasteiger partial charge on any atom is -0.494 e. The van der Waals surface area contributed by atoms with Crippen LogP contribution in [0.3, 0.4) is 0 Å². The topological polar surface area (TPSA) is 64.4 Å². The van der Waals surface area contributed by atoms with Crippen LogP contribution in [0, 0.1) is 0 Å². The Morgan fingerprint density at radius 2 is 1.76 bits per heavy atom. The monoisotopic (exact) mass is 386 g/mol. The number of unbranched alkanes of at least 4 members (excludes halogenated alkanes) is 1. The molecule has 146 valence electrons. The van der Waals surface area contributed by atoms with Gasteiger partial charge in [-0.3, -0.25) is 4.79 Å². The van der Waals surface area contributed by atoms with E-state index in [4.69, 9.17) is 9.15 Å². The molecule has 29 heavy (non-hydrogen) atoms. The van der Waals surface area contributed by atoms with E-state index >= 15 is 0 Å². The van der Waals surface area contributed by atoms with Gasteiger partial charge in [-0.25, -0.2) is 4.98 Å². The van der Waals surface area contributed by atoms with Gasteiger partial charge in [0.1, 0.15) is 11.3 Å². The number of para-hydroxylation sites is 2. The third kappa shape index (κ3) is 4.46. The lowest BCUT2D eigenvalue weighted by molar-refractivity contribution is 0.102. The number of amides is 1. The number of hydrogen-bond acceptors (Lipinski definition) is 4. The lowest BCUT2D eigenvalue weighted by atomic mass is 10.1. The Balaban J connectivity index is 1.41. The highest BCUT2D eigenvalue weighted by atomic mass is 16.5. The van der Waals surface area contributed by atoms with Crippen molar-refractivity contribution >= 4 is 22.7 Å². The predicted molar refractivity (Wildman–Crippen MR) is 114 cm³/mol. The van der Waals surface area contributed by atoms with E-state index in [-0.39, 0.29) is 5.91 Å². The quantitative estimate of drug-likeness (QED) is 0.400. The number of rotatable bonds is 7. The SMILES string of the molecule is CCCCOc1ccc(C(=O)Nc2ccc(-c3nc4ccccc4o3)cc2)cc1. The largest absolute Gasteiger partial charge is 0.494 e. The average Bonchev–Trinajstić information content (AvgIpc) is 3.19. The molecular weight excluding hydrogens is 364 g/mol. The zero-order valence-electron chi connectivity index (χ0n) is 16.2. The van der Waals surface area contributed by atoms with Crippen molar-refractivity contribution in [1.29, 1.82) is 0 Å². The van der Waals surface area contributed by atoms with Crippen LogP contribution >= 0.6 is 0 Å². The van der Waals surface area contributed by atoms with Crippen molar-refractivity contribution in [3.05, 3.63) is 78.4 Å². The number of benzene rings is 3. The highest BCUT2D eigenvalue weighted by molar-refractivity contribution is 6.04. The zero-order chi connectivity index (χ0) is 20.1. The second kappa shape index (κ2) is 8.61. The van der Waals surface area contributed by atoms with Crippen LogP contribution in [-0.4, -0.2) is 17.5 Å². The summed E-state index contributed by atoms with van der Waals surface area (Å²) in [6.07, 6.45) is 2.10. The van der Waals surface area contributed by atoms with E-state index in [0.29, 0.717) is 23.7 Å². The number of ether oxygens (including phenoxy) is 1. The van der Waals surface area contributed by atoms with E-state index in [1.165, 1.54) is 0 Å². The van der Waals surface area contributed by atoms with E-state index in [1.807, 2.05) is 60.7 Å². The van der Waals surface area contributed by atoms with Crippen molar-refractivity contribution in [3.63, 3.8) is 0 Å². The van der Waals surface area contributed by atoms with E-state index in [2.05, 4.69) is 17.2 Å². The molecule has 0 saturated heterocycles. The molecule has 3 aromatic carbocycles. The van der Waals surface area contributed by atoms with Gasteiger partial charge >= 0.3 is 0 Å². The molecule has 0 saturated carbocycles. The zero-order valence-corrected chi connectivity index (χ0v) is 16.2. The third-order valence-electron chi connectivity index (χ3n) is 4.57. The molecule has 1 N–H and O–H groups in total. The number of nitrogens with zero attached hydrogens (tertiary/aromatic N) is 1. The van der Waals surface area contributed by atoms with Crippen LogP contribution in [0.1, 0.15) is 30.1 Å². The molecule has 0 atom stereocenters. The molecule has 4 rings (SSSR count). The summed E-state index contributed by atoms with van der Waals surface area (Å²) in [5, 5.41) is 2.90. The Morgan fingerprint density at radius 1 is 1.00 bits per heavy atom. The maximum Gasteiger partial charge on any atom is 0.255 e. The summed E-state index contributed by atoms with van der Waals surface area (Å²) < 4.78 is 11.4. The minimum absolute atomic E-state index is 0.167. The molecule has 0 bridgehead atoms. The molecular formula is C24H22N2O3. The number of hydrogen-bond donors (Lipinski definition) is 1. The minimum atomic E-state index is -0.167. The first-order valence-corrected chi connectivity index (χ1v) is 9.73. The van der Waals surface area contributed by atoms with Crippen LogP contribution in [0.4, 0.5) is 5.69 Å². The summed E-state index contributed by atoms with van der Waals surface area (Å²) in [7, 11) is 0. The number of carbonyl (C=O) groups excluding carboxylic acids is 1. The number of nitrogens with one attached hydrogen (secondary N) is 1. The fourth-order valence-electron chi connectivity index (χ4n) is 2.93. The maximum atomic E-state index is 12.5. The summed E-state index contributed by atoms with van der Waals surface area (Å²) >= 11 is 0. The van der Waals surface area contributed by atoms with Crippen molar-refractivity contribution in [3.8, 4) is 17.2 Å². The van der Waals surface area contributed by atoms with E-state index in [0.717, 1.165) is 35.3 Å². The standard InChI is InChI=1S/C24H22N2O3/c1-2-3-16-28-20-14-10-17(11-15-20)23(27)25-19-12-8-18(9-13-19)24-26-21-6-4-5-7-22(21)29-24/h4-15H,2-3,16H2,1H3,(H,25,27). The Morgan fingerprint density at radius 3 is 2.48 bits per heavy atom. The summed E-state index contributed by atoms with van der Waals surface area (Å²) in [5.74, 6) is 1.17. The van der Waals surface area contributed by atoms with Crippen molar-refractivity contribution < 1.29 is 13.9 Å². The fraction of sp³-hybridized carbons (Fsp3) is 0.167. The van der Waals surface area contributed by atoms with Crippen molar-refractivity contribution in [1.82, 2.24) is 4.98 Å². The van der Waals surface area contributed by atoms with Gasteiger partial charge in [-0.15, -0.1) is 0 Å². The van der Waals surface area contributed by atoms with Crippen LogP contribution in [0.25, 0.3) is 22.6 Å². The van der Waals surface area contributed by atoms with E-state index in [9.17, 15) is 4.79 Å². The van der Waals surface area contributed by atoms with E-state index < -0.39 is 0 Å². The summed E-state index contributed by atoms with van der Waals surface area (Å²) in [6, 6.07) is 22.3. The van der Waals surface area contributed by atoms with Crippen LogP contribution in [0.5, 0.6) is 5.75 Å². The van der Waals surface area contributed by atoms with Crippen LogP contribution in [0.2, 0.25) is 0 Å². The summed E-state index contributed by atoms with van der Waals surface area (Å²) in [6.45, 7) is 2.81. The molecule has 1 aromatic heterocycles. The molecule has 0 spiro atoms. The van der Waals surface area contributed by atoms with Crippen LogP contribution in [0.15, 0.2) is 77.2 Å². The van der Waals surface area contributed by atoms with Crippen LogP contribution in [-0.2, 0) is 0 Å². The van der Waals surface area contributed by atoms with Crippen molar-refractivity contribution in [2.45, 2.75) is 19.8 Å². The lowest BCUT2D eigenvalue weighted by Gasteiger charge is -2.08. The first kappa shape index (κ1) is 18.7. The van der Waals surface area contributed by atoms with Gasteiger partial charge in [0.2, 0.25) is 5.89 Å².